The molecule has 0 heterocycles. The third-order valence-electron chi connectivity index (χ3n) is 2.76. The van der Waals surface area contributed by atoms with Crippen LogP contribution in [0, 0.1) is 5.82 Å². The Morgan fingerprint density at radius 1 is 1.00 bits per heavy atom. The Kier molecular flexibility index (Phi) is 5.15. The molecule has 0 fully saturated rings. The molecular weight excluding hydrogens is 275 g/mol. The summed E-state index contributed by atoms with van der Waals surface area (Å²) in [6.07, 6.45) is 0.581. The molecule has 4 nitrogen and oxygen atoms in total. The highest BCUT2D eigenvalue weighted by Gasteiger charge is 2.06. The van der Waals surface area contributed by atoms with E-state index in [1.54, 1.807) is 19.2 Å². The number of carbonyl (C=O) groups excluding carboxylic acids is 1. The highest BCUT2D eigenvalue weighted by molar-refractivity contribution is 5.74. The third kappa shape index (κ3) is 3.95. The van der Waals surface area contributed by atoms with E-state index in [1.165, 1.54) is 12.1 Å². The molecule has 0 unspecified atom stereocenters. The average Bonchev–Trinajstić information content (AvgIpc) is 2.53. The first-order valence-electron chi connectivity index (χ1n) is 6.38. The fraction of sp³-hybridized carbons (Fsp3) is 0.188. The molecule has 110 valence electrons. The molecule has 0 radical (unpaired) electrons. The molecule has 0 N–H and O–H groups in total. The summed E-state index contributed by atoms with van der Waals surface area (Å²) in [4.78, 5) is 10.5. The minimum atomic E-state index is -0.572. The van der Waals surface area contributed by atoms with Crippen molar-refractivity contribution >= 4 is 6.29 Å². The molecule has 0 amide bonds. The van der Waals surface area contributed by atoms with Gasteiger partial charge in [-0.05, 0) is 30.3 Å². The average molecular weight is 290 g/mol. The molecule has 0 bridgehead atoms. The largest absolute Gasteiger partial charge is 0.493 e. The van der Waals surface area contributed by atoms with E-state index in [1.807, 2.05) is 12.1 Å². The highest BCUT2D eigenvalue weighted by atomic mass is 19.1. The van der Waals surface area contributed by atoms with Gasteiger partial charge in [-0.1, -0.05) is 12.1 Å². The van der Waals surface area contributed by atoms with Gasteiger partial charge < -0.3 is 14.2 Å². The Morgan fingerprint density at radius 3 is 2.29 bits per heavy atom. The van der Waals surface area contributed by atoms with E-state index in [-0.39, 0.29) is 24.5 Å². The van der Waals surface area contributed by atoms with Crippen LogP contribution in [0.2, 0.25) is 0 Å². The van der Waals surface area contributed by atoms with Gasteiger partial charge in [0.1, 0.15) is 19.5 Å². The number of carbonyl (C=O) groups is 1. The molecule has 5 heteroatoms. The maximum Gasteiger partial charge on any atom is 0.165 e. The zero-order chi connectivity index (χ0) is 15.1. The Balaban J connectivity index is 1.86. The van der Waals surface area contributed by atoms with Crippen molar-refractivity contribution in [3.63, 3.8) is 0 Å². The Bertz CT molecular complexity index is 613. The fourth-order valence-corrected chi connectivity index (χ4v) is 1.75. The van der Waals surface area contributed by atoms with Crippen LogP contribution in [-0.2, 0) is 0 Å². The van der Waals surface area contributed by atoms with Gasteiger partial charge in [0.15, 0.2) is 23.1 Å². The van der Waals surface area contributed by atoms with Crippen molar-refractivity contribution < 1.29 is 23.4 Å². The predicted molar refractivity (Wildman–Crippen MR) is 75.8 cm³/mol. The van der Waals surface area contributed by atoms with E-state index in [0.29, 0.717) is 17.8 Å². The van der Waals surface area contributed by atoms with Crippen molar-refractivity contribution in [1.82, 2.24) is 0 Å². The number of benzene rings is 2. The van der Waals surface area contributed by atoms with Crippen LogP contribution in [0.15, 0.2) is 42.5 Å². The highest BCUT2D eigenvalue weighted by Crippen LogP contribution is 2.25. The number of para-hydroxylation sites is 2. The van der Waals surface area contributed by atoms with Gasteiger partial charge in [0.05, 0.1) is 7.11 Å². The Hall–Kier alpha value is -2.56. The lowest BCUT2D eigenvalue weighted by atomic mass is 10.2. The van der Waals surface area contributed by atoms with Gasteiger partial charge in [-0.2, -0.15) is 0 Å². The zero-order valence-electron chi connectivity index (χ0n) is 11.5. The fourth-order valence-electron chi connectivity index (χ4n) is 1.75. The van der Waals surface area contributed by atoms with E-state index < -0.39 is 5.82 Å². The molecule has 21 heavy (non-hydrogen) atoms. The topological polar surface area (TPSA) is 44.8 Å². The van der Waals surface area contributed by atoms with Crippen LogP contribution in [-0.4, -0.2) is 26.6 Å². The summed E-state index contributed by atoms with van der Waals surface area (Å²) in [6, 6.07) is 11.3. The van der Waals surface area contributed by atoms with Crippen molar-refractivity contribution in [2.75, 3.05) is 20.3 Å². The minimum absolute atomic E-state index is 0.0872. The molecule has 0 saturated heterocycles. The van der Waals surface area contributed by atoms with Crippen molar-refractivity contribution in [3.05, 3.63) is 53.8 Å². The number of hydrogen-bond donors (Lipinski definition) is 0. The summed E-state index contributed by atoms with van der Waals surface area (Å²) in [5.74, 6) is 0.737. The van der Waals surface area contributed by atoms with Gasteiger partial charge in [0.2, 0.25) is 0 Å². The van der Waals surface area contributed by atoms with Gasteiger partial charge >= 0.3 is 0 Å². The van der Waals surface area contributed by atoms with Crippen LogP contribution in [0.3, 0.4) is 0 Å². The number of halogens is 1. The van der Waals surface area contributed by atoms with Crippen molar-refractivity contribution in [3.8, 4) is 17.2 Å². The van der Waals surface area contributed by atoms with Crippen molar-refractivity contribution in [2.45, 2.75) is 0 Å². The van der Waals surface area contributed by atoms with E-state index in [4.69, 9.17) is 14.2 Å². The maximum absolute atomic E-state index is 13.6. The second-order valence-corrected chi connectivity index (χ2v) is 4.16. The maximum atomic E-state index is 13.6. The van der Waals surface area contributed by atoms with Crippen LogP contribution in [0.4, 0.5) is 4.39 Å². The number of rotatable bonds is 7. The summed E-state index contributed by atoms with van der Waals surface area (Å²) in [5, 5.41) is 0. The van der Waals surface area contributed by atoms with Crippen LogP contribution in [0.25, 0.3) is 0 Å². The summed E-state index contributed by atoms with van der Waals surface area (Å²) in [6.45, 7) is 0.421. The van der Waals surface area contributed by atoms with Crippen LogP contribution < -0.4 is 14.2 Å². The number of ether oxygens (including phenoxy) is 3. The first kappa shape index (κ1) is 14.8. The quantitative estimate of drug-likeness (QED) is 0.580. The molecule has 2 aromatic carbocycles. The third-order valence-corrected chi connectivity index (χ3v) is 2.76. The molecule has 0 saturated carbocycles. The number of methoxy groups -OCH3 is 1. The standard InChI is InChI=1S/C16H15FO4/c1-19-15-4-2-3-5-16(15)21-9-8-20-14-7-6-12(11-18)10-13(14)17/h2-7,10-11H,8-9H2,1H3. The number of aldehydes is 1. The SMILES string of the molecule is COc1ccccc1OCCOc1ccc(C=O)cc1F. The predicted octanol–water partition coefficient (Wildman–Crippen LogP) is 3.10. The first-order chi connectivity index (χ1) is 10.2. The van der Waals surface area contributed by atoms with Gasteiger partial charge in [-0.3, -0.25) is 4.79 Å². The lowest BCUT2D eigenvalue weighted by molar-refractivity contribution is 0.112. The van der Waals surface area contributed by atoms with E-state index in [9.17, 15) is 9.18 Å². The van der Waals surface area contributed by atoms with Crippen LogP contribution >= 0.6 is 0 Å². The Morgan fingerprint density at radius 2 is 1.67 bits per heavy atom. The molecule has 2 aromatic rings. The molecule has 0 aliphatic heterocycles. The second-order valence-electron chi connectivity index (χ2n) is 4.16. The molecule has 0 aliphatic carbocycles. The molecule has 0 atom stereocenters. The minimum Gasteiger partial charge on any atom is -0.493 e. The number of hydrogen-bond acceptors (Lipinski definition) is 4. The monoisotopic (exact) mass is 290 g/mol. The van der Waals surface area contributed by atoms with Gasteiger partial charge in [0.25, 0.3) is 0 Å². The second kappa shape index (κ2) is 7.28. The van der Waals surface area contributed by atoms with Crippen molar-refractivity contribution in [1.29, 1.82) is 0 Å². The smallest absolute Gasteiger partial charge is 0.165 e. The van der Waals surface area contributed by atoms with Crippen molar-refractivity contribution in [2.24, 2.45) is 0 Å². The zero-order valence-corrected chi connectivity index (χ0v) is 11.5. The van der Waals surface area contributed by atoms with Gasteiger partial charge in [-0.15, -0.1) is 0 Å². The first-order valence-corrected chi connectivity index (χ1v) is 6.38. The lowest BCUT2D eigenvalue weighted by Crippen LogP contribution is -2.10. The van der Waals surface area contributed by atoms with E-state index in [2.05, 4.69) is 0 Å². The summed E-state index contributed by atoms with van der Waals surface area (Å²) in [7, 11) is 1.56. The summed E-state index contributed by atoms with van der Waals surface area (Å²) >= 11 is 0. The molecule has 0 spiro atoms. The van der Waals surface area contributed by atoms with Gasteiger partial charge in [0, 0.05) is 5.56 Å². The summed E-state index contributed by atoms with van der Waals surface area (Å²) in [5.41, 5.74) is 0.269. The molecule has 0 aliphatic rings. The van der Waals surface area contributed by atoms with E-state index in [0.717, 1.165) is 6.07 Å². The lowest BCUT2D eigenvalue weighted by Gasteiger charge is -2.11. The molecule has 0 aromatic heterocycles. The molecule has 2 rings (SSSR count). The van der Waals surface area contributed by atoms with Gasteiger partial charge in [-0.25, -0.2) is 4.39 Å². The Labute approximate surface area is 122 Å². The van der Waals surface area contributed by atoms with Crippen LogP contribution in [0.1, 0.15) is 10.4 Å². The van der Waals surface area contributed by atoms with E-state index >= 15 is 0 Å². The molecular formula is C16H15FO4. The summed E-state index contributed by atoms with van der Waals surface area (Å²) < 4.78 is 29.5. The normalized spacial score (nSPS) is 10.0. The van der Waals surface area contributed by atoms with Crippen LogP contribution in [0.5, 0.6) is 17.2 Å².